The van der Waals surface area contributed by atoms with Gasteiger partial charge in [-0.05, 0) is 39.0 Å². The van der Waals surface area contributed by atoms with E-state index in [0.29, 0.717) is 12.3 Å². The second-order valence-electron chi connectivity index (χ2n) is 5.97. The zero-order valence-corrected chi connectivity index (χ0v) is 13.9. The van der Waals surface area contributed by atoms with Crippen molar-refractivity contribution in [1.29, 1.82) is 0 Å². The highest BCUT2D eigenvalue weighted by atomic mass is 32.2. The molecule has 2 unspecified atom stereocenters. The Hall–Kier alpha value is -0.500. The molecule has 2 fully saturated rings. The molecule has 1 aliphatic carbocycles. The molecule has 3 rings (SSSR count). The van der Waals surface area contributed by atoms with E-state index in [-0.39, 0.29) is 17.9 Å². The molecule has 0 spiro atoms. The summed E-state index contributed by atoms with van der Waals surface area (Å²) in [5, 5.41) is 3.12. The molecular weight excluding hydrogens is 308 g/mol. The van der Waals surface area contributed by atoms with Gasteiger partial charge in [0.1, 0.15) is 0 Å². The molecule has 1 N–H and O–H groups in total. The van der Waals surface area contributed by atoms with Gasteiger partial charge in [0, 0.05) is 17.9 Å². The predicted octanol–water partition coefficient (Wildman–Crippen LogP) is 2.57. The van der Waals surface area contributed by atoms with E-state index in [2.05, 4.69) is 9.71 Å². The molecule has 5 nitrogen and oxygen atoms in total. The van der Waals surface area contributed by atoms with E-state index < -0.39 is 10.0 Å². The van der Waals surface area contributed by atoms with E-state index in [1.807, 2.05) is 12.3 Å². The molecule has 21 heavy (non-hydrogen) atoms. The van der Waals surface area contributed by atoms with Crippen LogP contribution in [0.4, 0.5) is 0 Å². The van der Waals surface area contributed by atoms with Crippen LogP contribution in [0.1, 0.15) is 61.7 Å². The van der Waals surface area contributed by atoms with Crippen molar-refractivity contribution in [3.8, 4) is 0 Å². The third-order valence-electron chi connectivity index (χ3n) is 4.00. The van der Waals surface area contributed by atoms with Crippen LogP contribution in [0.5, 0.6) is 0 Å². The van der Waals surface area contributed by atoms with Crippen molar-refractivity contribution < 1.29 is 13.2 Å². The highest BCUT2D eigenvalue weighted by Crippen LogP contribution is 2.41. The van der Waals surface area contributed by atoms with Crippen molar-refractivity contribution in [3.63, 3.8) is 0 Å². The normalized spacial score (nSPS) is 24.3. The minimum atomic E-state index is -3.28. The Morgan fingerprint density at radius 1 is 1.48 bits per heavy atom. The molecule has 2 heterocycles. The summed E-state index contributed by atoms with van der Waals surface area (Å²) in [4.78, 5) is 4.56. The van der Waals surface area contributed by atoms with Crippen molar-refractivity contribution in [3.05, 3.63) is 16.1 Å². The highest BCUT2D eigenvalue weighted by molar-refractivity contribution is 7.89. The quantitative estimate of drug-likeness (QED) is 0.834. The average Bonchev–Trinajstić information content (AvgIpc) is 2.96. The number of hydrogen-bond donors (Lipinski definition) is 1. The first kappa shape index (κ1) is 15.4. The van der Waals surface area contributed by atoms with Crippen LogP contribution < -0.4 is 4.72 Å². The van der Waals surface area contributed by atoms with E-state index in [1.54, 1.807) is 11.3 Å². The minimum absolute atomic E-state index is 0.109. The molecule has 7 heteroatoms. The summed E-state index contributed by atoms with van der Waals surface area (Å²) in [6.45, 7) is 2.62. The molecule has 0 radical (unpaired) electrons. The maximum Gasteiger partial charge on any atom is 0.212 e. The van der Waals surface area contributed by atoms with Crippen molar-refractivity contribution in [2.24, 2.45) is 0 Å². The monoisotopic (exact) mass is 330 g/mol. The van der Waals surface area contributed by atoms with Crippen LogP contribution in [0.3, 0.4) is 0 Å². The van der Waals surface area contributed by atoms with E-state index in [0.717, 1.165) is 30.2 Å². The molecule has 0 bridgehead atoms. The molecule has 0 aromatic carbocycles. The Bertz CT molecular complexity index is 575. The van der Waals surface area contributed by atoms with Gasteiger partial charge >= 0.3 is 0 Å². The van der Waals surface area contributed by atoms with Gasteiger partial charge in [0.25, 0.3) is 0 Å². The number of nitrogens with zero attached hydrogens (tertiary/aromatic N) is 1. The molecule has 2 aliphatic rings. The summed E-state index contributed by atoms with van der Waals surface area (Å²) in [6.07, 6.45) is 5.13. The van der Waals surface area contributed by atoms with Gasteiger partial charge in [0.15, 0.2) is 0 Å². The molecule has 0 amide bonds. The molecule has 1 saturated carbocycles. The Morgan fingerprint density at radius 2 is 2.29 bits per heavy atom. The SMILES string of the molecule is CC(NS(=O)(=O)CCC1CCCO1)c1csc(C2CC2)n1. The summed E-state index contributed by atoms with van der Waals surface area (Å²) in [5.41, 5.74) is 0.836. The molecular formula is C14H22N2O3S2. The molecule has 2 atom stereocenters. The Morgan fingerprint density at radius 3 is 2.95 bits per heavy atom. The van der Waals surface area contributed by atoms with Gasteiger partial charge in [-0.25, -0.2) is 18.1 Å². The van der Waals surface area contributed by atoms with Gasteiger partial charge in [-0.15, -0.1) is 11.3 Å². The van der Waals surface area contributed by atoms with Crippen LogP contribution in [0.25, 0.3) is 0 Å². The molecule has 1 aliphatic heterocycles. The lowest BCUT2D eigenvalue weighted by Gasteiger charge is -2.14. The van der Waals surface area contributed by atoms with Gasteiger partial charge in [-0.2, -0.15) is 0 Å². The highest BCUT2D eigenvalue weighted by Gasteiger charge is 2.28. The molecule has 1 aromatic rings. The zero-order chi connectivity index (χ0) is 14.9. The third kappa shape index (κ3) is 4.25. The van der Waals surface area contributed by atoms with Crippen LogP contribution in [-0.2, 0) is 14.8 Å². The first-order valence-electron chi connectivity index (χ1n) is 7.60. The van der Waals surface area contributed by atoms with Gasteiger partial charge in [0.2, 0.25) is 10.0 Å². The molecule has 1 saturated heterocycles. The number of sulfonamides is 1. The van der Waals surface area contributed by atoms with Crippen LogP contribution in [0, 0.1) is 0 Å². The summed E-state index contributed by atoms with van der Waals surface area (Å²) in [5.74, 6) is 0.744. The lowest BCUT2D eigenvalue weighted by Crippen LogP contribution is -2.30. The maximum atomic E-state index is 12.1. The largest absolute Gasteiger partial charge is 0.378 e. The van der Waals surface area contributed by atoms with Crippen LogP contribution in [0.15, 0.2) is 5.38 Å². The van der Waals surface area contributed by atoms with Crippen molar-refractivity contribution >= 4 is 21.4 Å². The Labute approximate surface area is 130 Å². The zero-order valence-electron chi connectivity index (χ0n) is 12.2. The lowest BCUT2D eigenvalue weighted by atomic mass is 10.2. The standard InChI is InChI=1S/C14H22N2O3S2/c1-10(13-9-20-14(15-13)11-4-5-11)16-21(17,18)8-6-12-3-2-7-19-12/h9-12,16H,2-8H2,1H3. The maximum absolute atomic E-state index is 12.1. The summed E-state index contributed by atoms with van der Waals surface area (Å²) < 4.78 is 32.5. The Kier molecular flexibility index (Phi) is 4.63. The van der Waals surface area contributed by atoms with Gasteiger partial charge in [-0.3, -0.25) is 0 Å². The second-order valence-corrected chi connectivity index (χ2v) is 8.73. The van der Waals surface area contributed by atoms with E-state index in [4.69, 9.17) is 4.74 Å². The van der Waals surface area contributed by atoms with E-state index in [9.17, 15) is 8.42 Å². The first-order valence-corrected chi connectivity index (χ1v) is 10.1. The fourth-order valence-corrected chi connectivity index (χ4v) is 5.00. The molecule has 1 aromatic heterocycles. The Balaban J connectivity index is 1.52. The number of aromatic nitrogens is 1. The van der Waals surface area contributed by atoms with Crippen molar-refractivity contribution in [1.82, 2.24) is 9.71 Å². The summed E-state index contributed by atoms with van der Waals surface area (Å²) in [6, 6.07) is -0.261. The van der Waals surface area contributed by atoms with Crippen LogP contribution >= 0.6 is 11.3 Å². The predicted molar refractivity (Wildman–Crippen MR) is 83.0 cm³/mol. The lowest BCUT2D eigenvalue weighted by molar-refractivity contribution is 0.108. The first-order chi connectivity index (χ1) is 10.0. The smallest absolute Gasteiger partial charge is 0.212 e. The van der Waals surface area contributed by atoms with Gasteiger partial charge in [-0.1, -0.05) is 0 Å². The average molecular weight is 330 g/mol. The fraction of sp³-hybridized carbons (Fsp3) is 0.786. The number of nitrogens with one attached hydrogen (secondary N) is 1. The number of rotatable bonds is 7. The third-order valence-corrected chi connectivity index (χ3v) is 6.51. The van der Waals surface area contributed by atoms with E-state index >= 15 is 0 Å². The molecule has 118 valence electrons. The summed E-state index contributed by atoms with van der Waals surface area (Å²) >= 11 is 1.64. The van der Waals surface area contributed by atoms with Crippen LogP contribution in [-0.4, -0.2) is 31.9 Å². The van der Waals surface area contributed by atoms with Crippen molar-refractivity contribution in [2.45, 2.75) is 57.1 Å². The number of thiazole rings is 1. The second kappa shape index (κ2) is 6.32. The van der Waals surface area contributed by atoms with Gasteiger partial charge < -0.3 is 4.74 Å². The van der Waals surface area contributed by atoms with Gasteiger partial charge in [0.05, 0.1) is 28.6 Å². The minimum Gasteiger partial charge on any atom is -0.378 e. The fourth-order valence-electron chi connectivity index (χ4n) is 2.56. The number of ether oxygens (including phenoxy) is 1. The van der Waals surface area contributed by atoms with Crippen LogP contribution in [0.2, 0.25) is 0 Å². The van der Waals surface area contributed by atoms with Crippen molar-refractivity contribution in [2.75, 3.05) is 12.4 Å². The topological polar surface area (TPSA) is 68.3 Å². The van der Waals surface area contributed by atoms with E-state index in [1.165, 1.54) is 12.8 Å². The summed E-state index contributed by atoms with van der Waals surface area (Å²) in [7, 11) is -3.28. The number of hydrogen-bond acceptors (Lipinski definition) is 5.